The number of halogens is 1. The fourth-order valence-electron chi connectivity index (χ4n) is 2.88. The van der Waals surface area contributed by atoms with Crippen LogP contribution in [-0.4, -0.2) is 29.5 Å². The predicted molar refractivity (Wildman–Crippen MR) is 97.4 cm³/mol. The first-order valence-corrected chi connectivity index (χ1v) is 8.25. The number of benzene rings is 1. The number of nitrogens with one attached hydrogen (secondary N) is 1. The third-order valence-corrected chi connectivity index (χ3v) is 4.00. The van der Waals surface area contributed by atoms with Gasteiger partial charge in [0, 0.05) is 25.4 Å². The highest BCUT2D eigenvalue weighted by atomic mass is 35.5. The quantitative estimate of drug-likeness (QED) is 0.812. The fraction of sp³-hybridized carbons (Fsp3) is 0.500. The number of aromatic nitrogens is 2. The summed E-state index contributed by atoms with van der Waals surface area (Å²) in [5.41, 5.74) is 3.72. The molecule has 5 nitrogen and oxygen atoms in total. The second-order valence-corrected chi connectivity index (χ2v) is 6.27. The Labute approximate surface area is 149 Å². The van der Waals surface area contributed by atoms with E-state index in [9.17, 15) is 0 Å². The summed E-state index contributed by atoms with van der Waals surface area (Å²) in [5.74, 6) is 2.17. The van der Waals surface area contributed by atoms with E-state index >= 15 is 0 Å². The van der Waals surface area contributed by atoms with Crippen molar-refractivity contribution in [2.24, 2.45) is 7.05 Å². The number of hydrogen-bond acceptors (Lipinski definition) is 4. The molecule has 0 unspecified atom stereocenters. The van der Waals surface area contributed by atoms with Gasteiger partial charge < -0.3 is 14.8 Å². The molecule has 1 aromatic heterocycles. The zero-order valence-corrected chi connectivity index (χ0v) is 15.4. The van der Waals surface area contributed by atoms with E-state index in [-0.39, 0.29) is 12.4 Å². The van der Waals surface area contributed by atoms with E-state index in [4.69, 9.17) is 9.47 Å². The van der Waals surface area contributed by atoms with Gasteiger partial charge in [-0.2, -0.15) is 5.10 Å². The Hall–Kier alpha value is -1.72. The summed E-state index contributed by atoms with van der Waals surface area (Å²) in [6, 6.07) is 6.19. The molecule has 0 fully saturated rings. The SMILES string of the molecule is CC(C)c1nn(C)cc1CNCCc1ccc2c(c1)OCCO2.Cl. The molecule has 132 valence electrons. The van der Waals surface area contributed by atoms with Crippen LogP contribution in [-0.2, 0) is 20.0 Å². The molecular weight excluding hydrogens is 326 g/mol. The molecular formula is C18H26ClN3O2. The van der Waals surface area contributed by atoms with Crippen molar-refractivity contribution < 1.29 is 9.47 Å². The van der Waals surface area contributed by atoms with Gasteiger partial charge in [-0.25, -0.2) is 0 Å². The average Bonchev–Trinajstić information content (AvgIpc) is 2.92. The highest BCUT2D eigenvalue weighted by Gasteiger charge is 2.12. The van der Waals surface area contributed by atoms with E-state index in [0.717, 1.165) is 31.0 Å². The predicted octanol–water partition coefficient (Wildman–Crippen LogP) is 3.07. The summed E-state index contributed by atoms with van der Waals surface area (Å²) >= 11 is 0. The average molecular weight is 352 g/mol. The molecule has 2 heterocycles. The van der Waals surface area contributed by atoms with Crippen LogP contribution >= 0.6 is 12.4 Å². The van der Waals surface area contributed by atoms with E-state index in [1.807, 2.05) is 17.8 Å². The lowest BCUT2D eigenvalue weighted by Gasteiger charge is -2.18. The maximum Gasteiger partial charge on any atom is 0.161 e. The molecule has 0 spiro atoms. The minimum atomic E-state index is 0. The van der Waals surface area contributed by atoms with Gasteiger partial charge in [0.15, 0.2) is 11.5 Å². The van der Waals surface area contributed by atoms with Crippen molar-refractivity contribution in [3.63, 3.8) is 0 Å². The summed E-state index contributed by atoms with van der Waals surface area (Å²) in [5, 5.41) is 8.05. The minimum absolute atomic E-state index is 0. The monoisotopic (exact) mass is 351 g/mol. The Kier molecular flexibility index (Phi) is 6.52. The van der Waals surface area contributed by atoms with Gasteiger partial charge in [-0.15, -0.1) is 12.4 Å². The molecule has 1 aliphatic heterocycles. The van der Waals surface area contributed by atoms with E-state index in [1.54, 1.807) is 0 Å². The minimum Gasteiger partial charge on any atom is -0.486 e. The maximum atomic E-state index is 5.63. The number of nitrogens with zero attached hydrogens (tertiary/aromatic N) is 2. The van der Waals surface area contributed by atoms with Crippen molar-refractivity contribution in [2.75, 3.05) is 19.8 Å². The molecule has 0 saturated heterocycles. The van der Waals surface area contributed by atoms with Crippen LogP contribution in [0.15, 0.2) is 24.4 Å². The summed E-state index contributed by atoms with van der Waals surface area (Å²) in [6.07, 6.45) is 3.07. The van der Waals surface area contributed by atoms with Gasteiger partial charge in [0.1, 0.15) is 13.2 Å². The molecule has 0 radical (unpaired) electrons. The number of ether oxygens (including phenoxy) is 2. The van der Waals surface area contributed by atoms with Crippen LogP contribution in [0.2, 0.25) is 0 Å². The van der Waals surface area contributed by atoms with Gasteiger partial charge in [-0.05, 0) is 36.6 Å². The first-order chi connectivity index (χ1) is 11.1. The number of rotatable bonds is 6. The van der Waals surface area contributed by atoms with E-state index < -0.39 is 0 Å². The van der Waals surface area contributed by atoms with E-state index in [2.05, 4.69) is 42.6 Å². The van der Waals surface area contributed by atoms with Gasteiger partial charge in [0.2, 0.25) is 0 Å². The zero-order chi connectivity index (χ0) is 16.2. The van der Waals surface area contributed by atoms with E-state index in [1.165, 1.54) is 16.8 Å². The van der Waals surface area contributed by atoms with Crippen LogP contribution in [0.4, 0.5) is 0 Å². The molecule has 2 aromatic rings. The van der Waals surface area contributed by atoms with Crippen LogP contribution < -0.4 is 14.8 Å². The van der Waals surface area contributed by atoms with Crippen LogP contribution in [0.3, 0.4) is 0 Å². The molecule has 1 N–H and O–H groups in total. The Balaban J connectivity index is 0.00000208. The largest absolute Gasteiger partial charge is 0.486 e. The van der Waals surface area contributed by atoms with Crippen LogP contribution in [0.1, 0.15) is 36.6 Å². The second kappa shape index (κ2) is 8.40. The Morgan fingerprint density at radius 1 is 1.21 bits per heavy atom. The molecule has 0 atom stereocenters. The van der Waals surface area contributed by atoms with Crippen LogP contribution in [0.25, 0.3) is 0 Å². The standard InChI is InChI=1S/C18H25N3O2.ClH/c1-13(2)18-15(12-21(3)20-18)11-19-7-6-14-4-5-16-17(10-14)23-9-8-22-16;/h4-5,10,12-13,19H,6-9,11H2,1-3H3;1H. The first kappa shape index (κ1) is 18.6. The third-order valence-electron chi connectivity index (χ3n) is 4.00. The molecule has 0 saturated carbocycles. The van der Waals surface area contributed by atoms with Crippen molar-refractivity contribution >= 4 is 12.4 Å². The van der Waals surface area contributed by atoms with Gasteiger partial charge >= 0.3 is 0 Å². The normalized spacial score (nSPS) is 13.0. The van der Waals surface area contributed by atoms with E-state index in [0.29, 0.717) is 19.1 Å². The topological polar surface area (TPSA) is 48.3 Å². The highest BCUT2D eigenvalue weighted by molar-refractivity contribution is 5.85. The highest BCUT2D eigenvalue weighted by Crippen LogP contribution is 2.30. The van der Waals surface area contributed by atoms with Gasteiger partial charge in [-0.1, -0.05) is 19.9 Å². The van der Waals surface area contributed by atoms with Crippen molar-refractivity contribution in [2.45, 2.75) is 32.7 Å². The lowest BCUT2D eigenvalue weighted by atomic mass is 10.1. The first-order valence-electron chi connectivity index (χ1n) is 8.25. The second-order valence-electron chi connectivity index (χ2n) is 6.27. The Morgan fingerprint density at radius 2 is 1.96 bits per heavy atom. The lowest BCUT2D eigenvalue weighted by Crippen LogP contribution is -2.18. The van der Waals surface area contributed by atoms with Crippen LogP contribution in [0, 0.1) is 0 Å². The summed E-state index contributed by atoms with van der Waals surface area (Å²) in [7, 11) is 1.98. The van der Waals surface area contributed by atoms with Gasteiger partial charge in [0.05, 0.1) is 5.69 Å². The number of hydrogen-bond donors (Lipinski definition) is 1. The summed E-state index contributed by atoms with van der Waals surface area (Å²) in [4.78, 5) is 0. The molecule has 0 bridgehead atoms. The number of aryl methyl sites for hydroxylation is 1. The van der Waals surface area contributed by atoms with Crippen molar-refractivity contribution in [1.29, 1.82) is 0 Å². The Morgan fingerprint density at radius 3 is 2.71 bits per heavy atom. The fourth-order valence-corrected chi connectivity index (χ4v) is 2.88. The van der Waals surface area contributed by atoms with Crippen molar-refractivity contribution in [3.8, 4) is 11.5 Å². The molecule has 1 aliphatic rings. The molecule has 3 rings (SSSR count). The molecule has 0 amide bonds. The van der Waals surface area contributed by atoms with Gasteiger partial charge in [0.25, 0.3) is 0 Å². The third kappa shape index (κ3) is 4.42. The molecule has 24 heavy (non-hydrogen) atoms. The van der Waals surface area contributed by atoms with Gasteiger partial charge in [-0.3, -0.25) is 4.68 Å². The number of fused-ring (bicyclic) bond motifs is 1. The zero-order valence-electron chi connectivity index (χ0n) is 14.5. The molecule has 1 aromatic carbocycles. The molecule has 0 aliphatic carbocycles. The maximum absolute atomic E-state index is 5.63. The molecule has 6 heteroatoms. The van der Waals surface area contributed by atoms with Crippen molar-refractivity contribution in [3.05, 3.63) is 41.2 Å². The summed E-state index contributed by atoms with van der Waals surface area (Å²) < 4.78 is 13.1. The Bertz CT molecular complexity index is 670. The lowest BCUT2D eigenvalue weighted by molar-refractivity contribution is 0.171. The van der Waals surface area contributed by atoms with Crippen molar-refractivity contribution in [1.82, 2.24) is 15.1 Å². The summed E-state index contributed by atoms with van der Waals surface area (Å²) in [6.45, 7) is 7.41. The smallest absolute Gasteiger partial charge is 0.161 e. The van der Waals surface area contributed by atoms with Crippen LogP contribution in [0.5, 0.6) is 11.5 Å².